The minimum Gasteiger partial charge on any atom is -0.376 e. The van der Waals surface area contributed by atoms with E-state index in [0.717, 1.165) is 11.4 Å². The minimum absolute atomic E-state index is 0.00114. The van der Waals surface area contributed by atoms with Crippen molar-refractivity contribution in [1.82, 2.24) is 0 Å². The van der Waals surface area contributed by atoms with Gasteiger partial charge in [0.2, 0.25) is 0 Å². The van der Waals surface area contributed by atoms with Crippen LogP contribution in [0, 0.1) is 0 Å². The van der Waals surface area contributed by atoms with Gasteiger partial charge in [0.15, 0.2) is 0 Å². The summed E-state index contributed by atoms with van der Waals surface area (Å²) in [5.74, 6) is 0. The fourth-order valence-corrected chi connectivity index (χ4v) is 4.96. The zero-order chi connectivity index (χ0) is 24.2. The van der Waals surface area contributed by atoms with Crippen LogP contribution in [0.1, 0.15) is 23.2 Å². The molecule has 2 heteroatoms. The molecule has 0 unspecified atom stereocenters. The van der Waals surface area contributed by atoms with Crippen LogP contribution in [-0.4, -0.2) is 0 Å². The summed E-state index contributed by atoms with van der Waals surface area (Å²) in [4.78, 5) is 0. The summed E-state index contributed by atoms with van der Waals surface area (Å²) in [6.45, 7) is 0. The number of nitrogens with one attached hydrogen (secondary N) is 2. The molecule has 6 rings (SSSR count). The summed E-state index contributed by atoms with van der Waals surface area (Å²) < 4.78 is 0. The second-order valence-electron chi connectivity index (χ2n) is 9.19. The van der Waals surface area contributed by atoms with Crippen molar-refractivity contribution in [3.63, 3.8) is 0 Å². The van der Waals surface area contributed by atoms with E-state index >= 15 is 0 Å². The van der Waals surface area contributed by atoms with Crippen molar-refractivity contribution in [1.29, 1.82) is 0 Å². The Hall–Kier alpha value is -4.56. The van der Waals surface area contributed by atoms with Gasteiger partial charge < -0.3 is 10.6 Å². The van der Waals surface area contributed by atoms with E-state index in [1.807, 2.05) is 0 Å². The van der Waals surface area contributed by atoms with Crippen LogP contribution in [0.25, 0.3) is 21.5 Å². The highest BCUT2D eigenvalue weighted by molar-refractivity contribution is 5.86. The van der Waals surface area contributed by atoms with E-state index in [4.69, 9.17) is 0 Å². The maximum absolute atomic E-state index is 3.88. The highest BCUT2D eigenvalue weighted by atomic mass is 15.0. The van der Waals surface area contributed by atoms with E-state index in [1.54, 1.807) is 0 Å². The van der Waals surface area contributed by atoms with Gasteiger partial charge in [-0.05, 0) is 56.9 Å². The molecular formula is C34H28N2. The first-order valence-electron chi connectivity index (χ1n) is 12.4. The van der Waals surface area contributed by atoms with Crippen molar-refractivity contribution in [3.05, 3.63) is 157 Å². The predicted molar refractivity (Wildman–Crippen MR) is 154 cm³/mol. The number of fused-ring (bicyclic) bond motifs is 2. The molecule has 2 nitrogen and oxygen atoms in total. The van der Waals surface area contributed by atoms with E-state index in [9.17, 15) is 0 Å². The largest absolute Gasteiger partial charge is 0.376 e. The SMILES string of the molecule is c1ccc([C@@H](Nc2ccc3ccccc3c2)[C@H](Nc2ccc3ccccc3c2)c2ccccc2)cc1. The topological polar surface area (TPSA) is 24.1 Å². The van der Waals surface area contributed by atoms with Gasteiger partial charge >= 0.3 is 0 Å². The van der Waals surface area contributed by atoms with Gasteiger partial charge in [0.05, 0.1) is 12.1 Å². The molecule has 0 aliphatic rings. The van der Waals surface area contributed by atoms with Crippen LogP contribution in [0.4, 0.5) is 11.4 Å². The number of hydrogen-bond donors (Lipinski definition) is 2. The number of hydrogen-bond acceptors (Lipinski definition) is 2. The predicted octanol–water partition coefficient (Wildman–Crippen LogP) is 9.00. The van der Waals surface area contributed by atoms with Crippen molar-refractivity contribution in [2.45, 2.75) is 12.1 Å². The van der Waals surface area contributed by atoms with Gasteiger partial charge in [0, 0.05) is 11.4 Å². The summed E-state index contributed by atoms with van der Waals surface area (Å²) >= 11 is 0. The fourth-order valence-electron chi connectivity index (χ4n) is 4.96. The molecule has 6 aromatic rings. The van der Waals surface area contributed by atoms with Crippen molar-refractivity contribution in [2.24, 2.45) is 0 Å². The second kappa shape index (κ2) is 9.97. The molecule has 0 radical (unpaired) electrons. The fraction of sp³-hybridized carbons (Fsp3) is 0.0588. The summed E-state index contributed by atoms with van der Waals surface area (Å²) in [5, 5.41) is 12.7. The Bertz CT molecular complexity index is 1470. The van der Waals surface area contributed by atoms with Crippen LogP contribution < -0.4 is 10.6 Å². The molecule has 0 spiro atoms. The van der Waals surface area contributed by atoms with Gasteiger partial charge in [0.25, 0.3) is 0 Å². The highest BCUT2D eigenvalue weighted by Gasteiger charge is 2.25. The van der Waals surface area contributed by atoms with Crippen LogP contribution in [0.3, 0.4) is 0 Å². The third kappa shape index (κ3) is 4.67. The van der Waals surface area contributed by atoms with Crippen LogP contribution in [0.2, 0.25) is 0 Å². The van der Waals surface area contributed by atoms with E-state index in [0.29, 0.717) is 0 Å². The van der Waals surface area contributed by atoms with Gasteiger partial charge in [-0.1, -0.05) is 121 Å². The van der Waals surface area contributed by atoms with E-state index in [-0.39, 0.29) is 12.1 Å². The first-order chi connectivity index (χ1) is 17.8. The van der Waals surface area contributed by atoms with Crippen LogP contribution >= 0.6 is 0 Å². The van der Waals surface area contributed by atoms with E-state index in [2.05, 4.69) is 156 Å². The zero-order valence-electron chi connectivity index (χ0n) is 20.0. The van der Waals surface area contributed by atoms with Crippen molar-refractivity contribution in [2.75, 3.05) is 10.6 Å². The minimum atomic E-state index is 0.00114. The standard InChI is InChI=1S/C34H28N2/c1-3-13-27(14-4-1)33(35-31-21-19-25-11-7-9-17-29(25)23-31)34(28-15-5-2-6-16-28)36-32-22-20-26-12-8-10-18-30(26)24-32/h1-24,33-36H/t33-,34-/m1/s1. The second-order valence-corrected chi connectivity index (χ2v) is 9.19. The molecule has 0 saturated heterocycles. The smallest absolute Gasteiger partial charge is 0.0757 e. The molecule has 0 aliphatic carbocycles. The molecule has 2 N–H and O–H groups in total. The lowest BCUT2D eigenvalue weighted by atomic mass is 9.92. The third-order valence-electron chi connectivity index (χ3n) is 6.79. The van der Waals surface area contributed by atoms with E-state index in [1.165, 1.54) is 32.7 Å². The molecule has 0 aliphatic heterocycles. The van der Waals surface area contributed by atoms with Gasteiger partial charge in [0.1, 0.15) is 0 Å². The molecule has 2 atom stereocenters. The Morgan fingerprint density at radius 3 is 1.11 bits per heavy atom. The molecule has 0 aromatic heterocycles. The lowest BCUT2D eigenvalue weighted by Crippen LogP contribution is -2.25. The number of benzene rings is 6. The van der Waals surface area contributed by atoms with Crippen LogP contribution in [-0.2, 0) is 0 Å². The lowest BCUT2D eigenvalue weighted by Gasteiger charge is -2.32. The molecule has 0 saturated carbocycles. The highest BCUT2D eigenvalue weighted by Crippen LogP contribution is 2.36. The summed E-state index contributed by atoms with van der Waals surface area (Å²) in [6, 6.07) is 51.6. The number of anilines is 2. The van der Waals surface area contributed by atoms with Crippen molar-refractivity contribution >= 4 is 32.9 Å². The maximum atomic E-state index is 3.88. The summed E-state index contributed by atoms with van der Waals surface area (Å²) in [6.07, 6.45) is 0. The average molecular weight is 465 g/mol. The quantitative estimate of drug-likeness (QED) is 0.246. The third-order valence-corrected chi connectivity index (χ3v) is 6.79. The van der Waals surface area contributed by atoms with Gasteiger partial charge in [-0.15, -0.1) is 0 Å². The monoisotopic (exact) mass is 464 g/mol. The normalized spacial score (nSPS) is 12.8. The molecule has 36 heavy (non-hydrogen) atoms. The van der Waals surface area contributed by atoms with Crippen LogP contribution in [0.5, 0.6) is 0 Å². The van der Waals surface area contributed by atoms with Crippen LogP contribution in [0.15, 0.2) is 146 Å². The Morgan fingerprint density at radius 1 is 0.333 bits per heavy atom. The molecule has 0 heterocycles. The zero-order valence-corrected chi connectivity index (χ0v) is 20.0. The maximum Gasteiger partial charge on any atom is 0.0757 e. The molecule has 0 fully saturated rings. The Labute approximate surface area is 212 Å². The first-order valence-corrected chi connectivity index (χ1v) is 12.4. The van der Waals surface area contributed by atoms with Gasteiger partial charge in [-0.2, -0.15) is 0 Å². The van der Waals surface area contributed by atoms with Crippen molar-refractivity contribution < 1.29 is 0 Å². The number of rotatable bonds is 7. The first kappa shape index (κ1) is 21.9. The molecule has 6 aromatic carbocycles. The summed E-state index contributed by atoms with van der Waals surface area (Å²) in [5.41, 5.74) is 4.66. The molecule has 0 bridgehead atoms. The molecular weight excluding hydrogens is 436 g/mol. The van der Waals surface area contributed by atoms with Crippen molar-refractivity contribution in [3.8, 4) is 0 Å². The van der Waals surface area contributed by atoms with Gasteiger partial charge in [-0.25, -0.2) is 0 Å². The Balaban J connectivity index is 1.43. The Kier molecular flexibility index (Phi) is 6.08. The van der Waals surface area contributed by atoms with E-state index < -0.39 is 0 Å². The molecule has 0 amide bonds. The lowest BCUT2D eigenvalue weighted by molar-refractivity contribution is 0.650. The summed E-state index contributed by atoms with van der Waals surface area (Å²) in [7, 11) is 0. The van der Waals surface area contributed by atoms with Gasteiger partial charge in [-0.3, -0.25) is 0 Å². The molecule has 174 valence electrons. The Morgan fingerprint density at radius 2 is 0.694 bits per heavy atom. The average Bonchev–Trinajstić information content (AvgIpc) is 2.95.